The molecular formula is C30H33NO4. The molecule has 35 heavy (non-hydrogen) atoms. The highest BCUT2D eigenvalue weighted by atomic mass is 16.5. The van der Waals surface area contributed by atoms with Crippen LogP contribution >= 0.6 is 0 Å². The number of hydrogen-bond donors (Lipinski definition) is 2. The van der Waals surface area contributed by atoms with Crippen LogP contribution in [0.1, 0.15) is 48.9 Å². The Morgan fingerprint density at radius 1 is 1.03 bits per heavy atom. The first-order chi connectivity index (χ1) is 17.1. The lowest BCUT2D eigenvalue weighted by atomic mass is 9.99. The van der Waals surface area contributed by atoms with E-state index in [9.17, 15) is 9.90 Å². The molecule has 1 aliphatic carbocycles. The summed E-state index contributed by atoms with van der Waals surface area (Å²) in [5.41, 5.74) is 12.6. The Balaban J connectivity index is 0.00000141. The second-order valence-electron chi connectivity index (χ2n) is 8.84. The Bertz CT molecular complexity index is 1300. The number of benzene rings is 3. The quantitative estimate of drug-likeness (QED) is 0.282. The molecule has 0 aliphatic heterocycles. The summed E-state index contributed by atoms with van der Waals surface area (Å²) < 4.78 is 12.0. The standard InChI is InChI=1S/C28H27NO4.C2H6/c29-16-20-2-1-3-22(11-20)25-13-21(12-24-8-9-32-28(24)25)17-33-26-14-19(10-18-4-5-18)6-7-23(26)15-27(30)31;1-2/h1-3,6-9,11-14,18H,4-5,10,15-17,29H2,(H,30,31);1-2H3. The van der Waals surface area contributed by atoms with Crippen molar-refractivity contribution in [1.29, 1.82) is 0 Å². The van der Waals surface area contributed by atoms with E-state index in [1.54, 1.807) is 6.26 Å². The third kappa shape index (κ3) is 6.11. The van der Waals surface area contributed by atoms with Gasteiger partial charge in [-0.1, -0.05) is 44.2 Å². The smallest absolute Gasteiger partial charge is 0.307 e. The molecule has 3 aromatic carbocycles. The van der Waals surface area contributed by atoms with Crippen LogP contribution in [0.3, 0.4) is 0 Å². The van der Waals surface area contributed by atoms with Crippen molar-refractivity contribution in [2.45, 2.75) is 52.7 Å². The van der Waals surface area contributed by atoms with Gasteiger partial charge in [-0.2, -0.15) is 0 Å². The molecule has 182 valence electrons. The molecule has 4 aromatic rings. The zero-order chi connectivity index (χ0) is 24.8. The van der Waals surface area contributed by atoms with Gasteiger partial charge in [-0.25, -0.2) is 0 Å². The van der Waals surface area contributed by atoms with Gasteiger partial charge in [0.05, 0.1) is 12.7 Å². The average Bonchev–Trinajstić information content (AvgIpc) is 3.57. The summed E-state index contributed by atoms with van der Waals surface area (Å²) in [5.74, 6) is 0.532. The van der Waals surface area contributed by atoms with Gasteiger partial charge in [0, 0.05) is 23.1 Å². The largest absolute Gasteiger partial charge is 0.489 e. The van der Waals surface area contributed by atoms with Crippen molar-refractivity contribution in [3.8, 4) is 16.9 Å². The maximum atomic E-state index is 11.4. The van der Waals surface area contributed by atoms with Gasteiger partial charge >= 0.3 is 5.97 Å². The molecule has 1 aliphatic rings. The first-order valence-electron chi connectivity index (χ1n) is 12.3. The van der Waals surface area contributed by atoms with Gasteiger partial charge in [-0.05, 0) is 77.8 Å². The zero-order valence-corrected chi connectivity index (χ0v) is 20.4. The van der Waals surface area contributed by atoms with E-state index in [-0.39, 0.29) is 6.42 Å². The number of fused-ring (bicyclic) bond motifs is 1. The van der Waals surface area contributed by atoms with Gasteiger partial charge in [0.25, 0.3) is 0 Å². The molecule has 5 nitrogen and oxygen atoms in total. The number of nitrogens with two attached hydrogens (primary N) is 1. The van der Waals surface area contributed by atoms with Crippen molar-refractivity contribution in [2.75, 3.05) is 0 Å². The van der Waals surface area contributed by atoms with Crippen LogP contribution in [0, 0.1) is 5.92 Å². The number of rotatable bonds is 9. The molecule has 0 spiro atoms. The summed E-state index contributed by atoms with van der Waals surface area (Å²) in [4.78, 5) is 11.4. The van der Waals surface area contributed by atoms with Crippen LogP contribution in [0.5, 0.6) is 5.75 Å². The number of carbonyl (C=O) groups is 1. The van der Waals surface area contributed by atoms with Crippen molar-refractivity contribution >= 4 is 16.9 Å². The Kier molecular flexibility index (Phi) is 7.88. The van der Waals surface area contributed by atoms with E-state index in [1.165, 1.54) is 18.4 Å². The number of carboxylic acids is 1. The van der Waals surface area contributed by atoms with E-state index >= 15 is 0 Å². The molecular weight excluding hydrogens is 438 g/mol. The highest BCUT2D eigenvalue weighted by molar-refractivity contribution is 5.93. The van der Waals surface area contributed by atoms with Gasteiger partial charge in [0.15, 0.2) is 0 Å². The normalized spacial score (nSPS) is 12.8. The Morgan fingerprint density at radius 3 is 2.60 bits per heavy atom. The lowest BCUT2D eigenvalue weighted by Crippen LogP contribution is -2.05. The lowest BCUT2D eigenvalue weighted by Gasteiger charge is -2.14. The van der Waals surface area contributed by atoms with E-state index in [2.05, 4.69) is 18.2 Å². The summed E-state index contributed by atoms with van der Waals surface area (Å²) in [6, 6.07) is 20.1. The maximum absolute atomic E-state index is 11.4. The summed E-state index contributed by atoms with van der Waals surface area (Å²) in [6.45, 7) is 4.81. The monoisotopic (exact) mass is 471 g/mol. The van der Waals surface area contributed by atoms with E-state index in [4.69, 9.17) is 14.9 Å². The first-order valence-corrected chi connectivity index (χ1v) is 12.3. The average molecular weight is 472 g/mol. The van der Waals surface area contributed by atoms with Gasteiger partial charge in [-0.15, -0.1) is 0 Å². The van der Waals surface area contributed by atoms with E-state index in [0.717, 1.165) is 45.6 Å². The van der Waals surface area contributed by atoms with Crippen molar-refractivity contribution in [2.24, 2.45) is 11.7 Å². The fourth-order valence-electron chi connectivity index (χ4n) is 4.29. The van der Waals surface area contributed by atoms with Crippen LogP contribution in [0.25, 0.3) is 22.1 Å². The second kappa shape index (κ2) is 11.2. The fraction of sp³-hybridized carbons (Fsp3) is 0.300. The molecule has 5 heteroatoms. The third-order valence-corrected chi connectivity index (χ3v) is 6.17. The Labute approximate surface area is 206 Å². The molecule has 0 saturated heterocycles. The molecule has 0 amide bonds. The zero-order valence-electron chi connectivity index (χ0n) is 20.4. The van der Waals surface area contributed by atoms with Crippen LogP contribution in [0.2, 0.25) is 0 Å². The number of carboxylic acid groups (broad SMARTS) is 1. The Hall–Kier alpha value is -3.57. The molecule has 5 rings (SSSR count). The minimum absolute atomic E-state index is 0.0586. The minimum atomic E-state index is -0.864. The van der Waals surface area contributed by atoms with Crippen LogP contribution in [-0.2, 0) is 30.8 Å². The van der Waals surface area contributed by atoms with Gasteiger partial charge in [-0.3, -0.25) is 4.79 Å². The Morgan fingerprint density at radius 2 is 1.86 bits per heavy atom. The van der Waals surface area contributed by atoms with Crippen LogP contribution < -0.4 is 10.5 Å². The molecule has 0 radical (unpaired) electrons. The van der Waals surface area contributed by atoms with E-state index < -0.39 is 5.97 Å². The highest BCUT2D eigenvalue weighted by Gasteiger charge is 2.22. The topological polar surface area (TPSA) is 85.7 Å². The second-order valence-corrected chi connectivity index (χ2v) is 8.84. The molecule has 1 saturated carbocycles. The van der Waals surface area contributed by atoms with E-state index in [0.29, 0.717) is 24.5 Å². The molecule has 0 unspecified atom stereocenters. The highest BCUT2D eigenvalue weighted by Crippen LogP contribution is 2.35. The summed E-state index contributed by atoms with van der Waals surface area (Å²) in [5, 5.41) is 10.3. The third-order valence-electron chi connectivity index (χ3n) is 6.17. The minimum Gasteiger partial charge on any atom is -0.489 e. The van der Waals surface area contributed by atoms with Crippen LogP contribution in [0.15, 0.2) is 71.3 Å². The van der Waals surface area contributed by atoms with Crippen molar-refractivity contribution in [3.63, 3.8) is 0 Å². The van der Waals surface area contributed by atoms with Gasteiger partial charge in [0.2, 0.25) is 0 Å². The predicted octanol–water partition coefficient (Wildman–Crippen LogP) is 6.74. The summed E-state index contributed by atoms with van der Waals surface area (Å²) in [7, 11) is 0. The predicted molar refractivity (Wildman–Crippen MR) is 139 cm³/mol. The number of ether oxygens (including phenoxy) is 1. The number of hydrogen-bond acceptors (Lipinski definition) is 4. The molecule has 3 N–H and O–H groups in total. The first kappa shape index (κ1) is 24.6. The maximum Gasteiger partial charge on any atom is 0.307 e. The lowest BCUT2D eigenvalue weighted by molar-refractivity contribution is -0.136. The van der Waals surface area contributed by atoms with Crippen molar-refractivity contribution < 1.29 is 19.1 Å². The summed E-state index contributed by atoms with van der Waals surface area (Å²) in [6.07, 6.45) is 5.19. The van der Waals surface area contributed by atoms with Crippen LogP contribution in [0.4, 0.5) is 0 Å². The number of aliphatic carboxylic acids is 1. The number of furan rings is 1. The molecule has 1 heterocycles. The SMILES string of the molecule is CC.NCc1cccc(-c2cc(COc3cc(CC4CC4)ccc3CC(=O)O)cc3ccoc23)c1. The van der Waals surface area contributed by atoms with Crippen molar-refractivity contribution in [3.05, 3.63) is 89.2 Å². The molecule has 1 aromatic heterocycles. The van der Waals surface area contributed by atoms with Gasteiger partial charge < -0.3 is 20.0 Å². The molecule has 0 atom stereocenters. The van der Waals surface area contributed by atoms with E-state index in [1.807, 2.05) is 56.3 Å². The van der Waals surface area contributed by atoms with Crippen LogP contribution in [-0.4, -0.2) is 11.1 Å². The summed E-state index contributed by atoms with van der Waals surface area (Å²) >= 11 is 0. The van der Waals surface area contributed by atoms with Crippen molar-refractivity contribution in [1.82, 2.24) is 0 Å². The van der Waals surface area contributed by atoms with Gasteiger partial charge in [0.1, 0.15) is 17.9 Å². The fourth-order valence-corrected chi connectivity index (χ4v) is 4.29. The molecule has 0 bridgehead atoms. The molecule has 1 fully saturated rings.